The Morgan fingerprint density at radius 3 is 3.00 bits per heavy atom. The van der Waals surface area contributed by atoms with E-state index in [0.717, 1.165) is 45.6 Å². The average molecular weight is 334 g/mol. The summed E-state index contributed by atoms with van der Waals surface area (Å²) >= 11 is 1.72. The van der Waals surface area contributed by atoms with Gasteiger partial charge in [0.25, 0.3) is 0 Å². The van der Waals surface area contributed by atoms with Gasteiger partial charge in [0.1, 0.15) is 5.01 Å². The lowest BCUT2D eigenvalue weighted by Gasteiger charge is -2.49. The number of carbonyl (C=O) groups excluding carboxylic acids is 1. The third kappa shape index (κ3) is 3.65. The van der Waals surface area contributed by atoms with Crippen LogP contribution < -0.4 is 0 Å². The smallest absolute Gasteiger partial charge is 0.222 e. The molecule has 1 aromatic heterocycles. The number of piperazine rings is 1. The van der Waals surface area contributed by atoms with E-state index in [1.54, 1.807) is 11.3 Å². The molecule has 2 aliphatic rings. The summed E-state index contributed by atoms with van der Waals surface area (Å²) in [5.74, 6) is 0.271. The van der Waals surface area contributed by atoms with Crippen molar-refractivity contribution in [3.63, 3.8) is 0 Å². The van der Waals surface area contributed by atoms with Crippen molar-refractivity contribution in [1.29, 1.82) is 0 Å². The second kappa shape index (κ2) is 7.11. The van der Waals surface area contributed by atoms with E-state index in [-0.39, 0.29) is 11.4 Å². The van der Waals surface area contributed by atoms with Crippen molar-refractivity contribution in [2.75, 3.05) is 39.8 Å². The molecule has 23 heavy (non-hydrogen) atoms. The minimum absolute atomic E-state index is 0.112. The Balaban J connectivity index is 1.70. The molecule has 0 N–H and O–H groups in total. The molecule has 1 amide bonds. The maximum Gasteiger partial charge on any atom is 0.222 e. The van der Waals surface area contributed by atoms with E-state index in [0.29, 0.717) is 13.0 Å². The molecule has 6 heteroatoms. The number of nitrogens with zero attached hydrogens (tertiary/aromatic N) is 4. The molecule has 1 aromatic rings. The van der Waals surface area contributed by atoms with Crippen molar-refractivity contribution < 1.29 is 4.79 Å². The Hall–Kier alpha value is -1.24. The molecule has 3 heterocycles. The van der Waals surface area contributed by atoms with Crippen LogP contribution in [-0.2, 0) is 11.3 Å². The largest absolute Gasteiger partial charge is 0.339 e. The van der Waals surface area contributed by atoms with E-state index in [1.807, 2.05) is 22.6 Å². The Kier molecular flexibility index (Phi) is 5.14. The number of amides is 1. The Bertz CT molecular complexity index is 547. The van der Waals surface area contributed by atoms with Crippen LogP contribution in [0.5, 0.6) is 0 Å². The maximum absolute atomic E-state index is 12.3. The number of carbonyl (C=O) groups is 1. The molecule has 0 aromatic carbocycles. The van der Waals surface area contributed by atoms with Crippen molar-refractivity contribution in [2.45, 2.75) is 31.3 Å². The van der Waals surface area contributed by atoms with Gasteiger partial charge >= 0.3 is 0 Å². The van der Waals surface area contributed by atoms with Crippen LogP contribution in [0.25, 0.3) is 0 Å². The molecule has 2 saturated heterocycles. The predicted octanol–water partition coefficient (Wildman–Crippen LogP) is 1.83. The minimum atomic E-state index is 0.112. The van der Waals surface area contributed by atoms with E-state index < -0.39 is 0 Å². The standard InChI is InChI=1S/C17H26N4OS/c1-3-8-21-9-6-17(5-4-16(21)22)14-20(11-10-19(17)2)13-15-18-7-12-23-15/h3,7,12H,1,4-6,8-11,13-14H2,2H3. The molecule has 0 saturated carbocycles. The molecule has 5 nitrogen and oxygen atoms in total. The highest BCUT2D eigenvalue weighted by Crippen LogP contribution is 2.32. The summed E-state index contributed by atoms with van der Waals surface area (Å²) < 4.78 is 0. The SMILES string of the molecule is C=CCN1CCC2(CCC1=O)CN(Cc1nccs1)CCN2C. The molecule has 0 bridgehead atoms. The number of thiazole rings is 1. The van der Waals surface area contributed by atoms with Crippen LogP contribution in [0.2, 0.25) is 0 Å². The molecule has 1 unspecified atom stereocenters. The zero-order valence-corrected chi connectivity index (χ0v) is 14.7. The lowest BCUT2D eigenvalue weighted by Crippen LogP contribution is -2.60. The number of hydrogen-bond acceptors (Lipinski definition) is 5. The van der Waals surface area contributed by atoms with Gasteiger partial charge in [-0.05, 0) is 19.9 Å². The summed E-state index contributed by atoms with van der Waals surface area (Å²) in [5.41, 5.74) is 0.112. The summed E-state index contributed by atoms with van der Waals surface area (Å²) in [7, 11) is 2.22. The van der Waals surface area contributed by atoms with Crippen molar-refractivity contribution in [1.82, 2.24) is 19.7 Å². The van der Waals surface area contributed by atoms with Crippen molar-refractivity contribution in [2.24, 2.45) is 0 Å². The zero-order chi connectivity index (χ0) is 16.3. The number of rotatable bonds is 4. The lowest BCUT2D eigenvalue weighted by molar-refractivity contribution is -0.130. The monoisotopic (exact) mass is 334 g/mol. The summed E-state index contributed by atoms with van der Waals surface area (Å²) in [6.07, 6.45) is 6.34. The second-order valence-electron chi connectivity index (χ2n) is 6.66. The van der Waals surface area contributed by atoms with Gasteiger partial charge in [-0.1, -0.05) is 6.08 Å². The molecular formula is C17H26N4OS. The van der Waals surface area contributed by atoms with Crippen molar-refractivity contribution in [3.05, 3.63) is 29.2 Å². The first-order valence-electron chi connectivity index (χ1n) is 8.34. The first-order valence-corrected chi connectivity index (χ1v) is 9.21. The normalized spacial score (nSPS) is 27.3. The molecular weight excluding hydrogens is 308 g/mol. The summed E-state index contributed by atoms with van der Waals surface area (Å²) in [6.45, 7) is 9.36. The molecule has 3 rings (SSSR count). The fourth-order valence-electron chi connectivity index (χ4n) is 3.78. The highest BCUT2D eigenvalue weighted by atomic mass is 32.1. The lowest BCUT2D eigenvalue weighted by atomic mass is 9.86. The van der Waals surface area contributed by atoms with Crippen molar-refractivity contribution >= 4 is 17.2 Å². The molecule has 0 aliphatic carbocycles. The first kappa shape index (κ1) is 16.6. The fourth-order valence-corrected chi connectivity index (χ4v) is 4.44. The number of aromatic nitrogens is 1. The molecule has 1 spiro atoms. The number of likely N-dealkylation sites (tertiary alicyclic amines) is 1. The summed E-state index contributed by atoms with van der Waals surface area (Å²) in [6, 6.07) is 0. The highest BCUT2D eigenvalue weighted by molar-refractivity contribution is 7.09. The quantitative estimate of drug-likeness (QED) is 0.788. The summed E-state index contributed by atoms with van der Waals surface area (Å²) in [4.78, 5) is 23.7. The van der Waals surface area contributed by atoms with E-state index in [4.69, 9.17) is 0 Å². The van der Waals surface area contributed by atoms with E-state index >= 15 is 0 Å². The Labute approximate surface area is 142 Å². The minimum Gasteiger partial charge on any atom is -0.339 e. The van der Waals surface area contributed by atoms with E-state index in [9.17, 15) is 4.79 Å². The topological polar surface area (TPSA) is 39.7 Å². The fraction of sp³-hybridized carbons (Fsp3) is 0.647. The van der Waals surface area contributed by atoms with Gasteiger partial charge in [-0.15, -0.1) is 17.9 Å². The second-order valence-corrected chi connectivity index (χ2v) is 7.64. The van der Waals surface area contributed by atoms with Gasteiger partial charge in [0.2, 0.25) is 5.91 Å². The van der Waals surface area contributed by atoms with Crippen LogP contribution in [0.3, 0.4) is 0 Å². The molecule has 2 fully saturated rings. The van der Waals surface area contributed by atoms with Crippen LogP contribution in [-0.4, -0.2) is 70.9 Å². The number of likely N-dealkylation sites (N-methyl/N-ethyl adjacent to an activating group) is 1. The highest BCUT2D eigenvalue weighted by Gasteiger charge is 2.42. The van der Waals surface area contributed by atoms with Gasteiger partial charge in [0.05, 0.1) is 6.54 Å². The maximum atomic E-state index is 12.3. The van der Waals surface area contributed by atoms with Crippen LogP contribution >= 0.6 is 11.3 Å². The average Bonchev–Trinajstić information content (AvgIpc) is 3.00. The van der Waals surface area contributed by atoms with Crippen LogP contribution in [0.1, 0.15) is 24.3 Å². The van der Waals surface area contributed by atoms with Gasteiger partial charge in [-0.2, -0.15) is 0 Å². The molecule has 2 aliphatic heterocycles. The van der Waals surface area contributed by atoms with Crippen molar-refractivity contribution in [3.8, 4) is 0 Å². The van der Waals surface area contributed by atoms with Gasteiger partial charge in [0, 0.05) is 56.3 Å². The first-order chi connectivity index (χ1) is 11.1. The van der Waals surface area contributed by atoms with Crippen LogP contribution in [0.15, 0.2) is 24.2 Å². The van der Waals surface area contributed by atoms with Crippen LogP contribution in [0, 0.1) is 0 Å². The Morgan fingerprint density at radius 2 is 2.26 bits per heavy atom. The Morgan fingerprint density at radius 1 is 1.39 bits per heavy atom. The number of hydrogen-bond donors (Lipinski definition) is 0. The zero-order valence-electron chi connectivity index (χ0n) is 13.9. The molecule has 126 valence electrons. The van der Waals surface area contributed by atoms with Crippen LogP contribution in [0.4, 0.5) is 0 Å². The van der Waals surface area contributed by atoms with E-state index in [1.165, 1.54) is 5.01 Å². The summed E-state index contributed by atoms with van der Waals surface area (Å²) in [5, 5.41) is 3.22. The third-order valence-corrected chi connectivity index (χ3v) is 6.04. The predicted molar refractivity (Wildman–Crippen MR) is 93.4 cm³/mol. The van der Waals surface area contributed by atoms with Gasteiger partial charge in [-0.25, -0.2) is 4.98 Å². The van der Waals surface area contributed by atoms with Gasteiger partial charge < -0.3 is 4.90 Å². The molecule has 0 radical (unpaired) electrons. The third-order valence-electron chi connectivity index (χ3n) is 5.28. The van der Waals surface area contributed by atoms with Gasteiger partial charge in [-0.3, -0.25) is 14.6 Å². The van der Waals surface area contributed by atoms with Gasteiger partial charge in [0.15, 0.2) is 0 Å². The van der Waals surface area contributed by atoms with E-state index in [2.05, 4.69) is 28.4 Å². The molecule has 1 atom stereocenters.